The van der Waals surface area contributed by atoms with Gasteiger partial charge in [0.2, 0.25) is 0 Å². The number of methoxy groups -OCH3 is 1. The highest BCUT2D eigenvalue weighted by molar-refractivity contribution is 5.94. The van der Waals surface area contributed by atoms with E-state index < -0.39 is 0 Å². The van der Waals surface area contributed by atoms with Crippen LogP contribution in [0.15, 0.2) is 24.3 Å². The molecule has 0 aliphatic carbocycles. The number of nitrogens with zero attached hydrogens (tertiary/aromatic N) is 3. The quantitative estimate of drug-likeness (QED) is 0.802. The second-order valence-corrected chi connectivity index (χ2v) is 8.63. The van der Waals surface area contributed by atoms with Gasteiger partial charge in [0.25, 0.3) is 5.91 Å². The predicted molar refractivity (Wildman–Crippen MR) is 104 cm³/mol. The van der Waals surface area contributed by atoms with Crippen molar-refractivity contribution in [3.63, 3.8) is 0 Å². The third-order valence-corrected chi connectivity index (χ3v) is 6.02. The zero-order valence-corrected chi connectivity index (χ0v) is 16.7. The van der Waals surface area contributed by atoms with Gasteiger partial charge in [-0.25, -0.2) is 0 Å². The molecule has 27 heavy (non-hydrogen) atoms. The molecule has 0 saturated carbocycles. The Balaban J connectivity index is 1.53. The van der Waals surface area contributed by atoms with Crippen molar-refractivity contribution in [3.8, 4) is 5.75 Å². The zero-order chi connectivity index (χ0) is 19.0. The van der Waals surface area contributed by atoms with Crippen LogP contribution >= 0.6 is 0 Å². The topological polar surface area (TPSA) is 45.2 Å². The van der Waals surface area contributed by atoms with Crippen LogP contribution in [0.25, 0.3) is 0 Å². The molecule has 1 aromatic rings. The maximum absolute atomic E-state index is 13.2. The number of hydrogen-bond donors (Lipinski definition) is 0. The molecule has 3 heterocycles. The predicted octanol–water partition coefficient (Wildman–Crippen LogP) is 1.56. The number of morpholine rings is 1. The third kappa shape index (κ3) is 3.58. The van der Waals surface area contributed by atoms with E-state index >= 15 is 0 Å². The molecule has 0 bridgehead atoms. The van der Waals surface area contributed by atoms with Crippen LogP contribution < -0.4 is 4.74 Å². The maximum Gasteiger partial charge on any atom is 0.254 e. The number of ether oxygens (including phenoxy) is 2. The summed E-state index contributed by atoms with van der Waals surface area (Å²) in [5, 5.41) is 0. The first kappa shape index (κ1) is 18.7. The minimum atomic E-state index is 0.0795. The van der Waals surface area contributed by atoms with Gasteiger partial charge in [-0.15, -0.1) is 0 Å². The molecule has 0 aromatic heterocycles. The van der Waals surface area contributed by atoms with Gasteiger partial charge in [0.15, 0.2) is 0 Å². The summed E-state index contributed by atoms with van der Waals surface area (Å²) in [4.78, 5) is 20.4. The lowest BCUT2D eigenvalue weighted by Gasteiger charge is -2.63. The van der Waals surface area contributed by atoms with Crippen molar-refractivity contribution >= 4 is 5.91 Å². The Kier molecular flexibility index (Phi) is 5.14. The van der Waals surface area contributed by atoms with Gasteiger partial charge in [0.1, 0.15) is 5.75 Å². The molecule has 0 radical (unpaired) electrons. The fourth-order valence-corrected chi connectivity index (χ4v) is 5.00. The van der Waals surface area contributed by atoms with E-state index in [1.54, 1.807) is 7.11 Å². The average molecular weight is 373 g/mol. The van der Waals surface area contributed by atoms with Crippen LogP contribution in [-0.4, -0.2) is 91.8 Å². The van der Waals surface area contributed by atoms with Gasteiger partial charge in [0, 0.05) is 44.8 Å². The van der Waals surface area contributed by atoms with Crippen molar-refractivity contribution in [1.29, 1.82) is 0 Å². The van der Waals surface area contributed by atoms with Crippen LogP contribution in [0.5, 0.6) is 5.75 Å². The van der Waals surface area contributed by atoms with Crippen LogP contribution in [0.1, 0.15) is 24.2 Å². The number of benzene rings is 1. The van der Waals surface area contributed by atoms with E-state index in [9.17, 15) is 4.79 Å². The first-order chi connectivity index (χ1) is 13.0. The first-order valence-electron chi connectivity index (χ1n) is 10.0. The van der Waals surface area contributed by atoms with Gasteiger partial charge in [-0.2, -0.15) is 0 Å². The molecule has 6 heteroatoms. The van der Waals surface area contributed by atoms with E-state index in [-0.39, 0.29) is 11.4 Å². The number of carbonyl (C=O) groups is 1. The van der Waals surface area contributed by atoms with E-state index in [0.717, 1.165) is 51.6 Å². The lowest BCUT2D eigenvalue weighted by atomic mass is 9.82. The largest absolute Gasteiger partial charge is 0.497 e. The molecule has 1 aromatic carbocycles. The molecular weight excluding hydrogens is 342 g/mol. The summed E-state index contributed by atoms with van der Waals surface area (Å²) in [5.41, 5.74) is 0.781. The zero-order valence-electron chi connectivity index (χ0n) is 16.7. The van der Waals surface area contributed by atoms with E-state index in [0.29, 0.717) is 24.1 Å². The smallest absolute Gasteiger partial charge is 0.254 e. The summed E-state index contributed by atoms with van der Waals surface area (Å²) >= 11 is 0. The van der Waals surface area contributed by atoms with Crippen molar-refractivity contribution in [1.82, 2.24) is 14.7 Å². The summed E-state index contributed by atoms with van der Waals surface area (Å²) in [6.45, 7) is 11.8. The molecular formula is C21H31N3O3. The van der Waals surface area contributed by atoms with Crippen LogP contribution in [0.4, 0.5) is 0 Å². The first-order valence-corrected chi connectivity index (χ1v) is 10.0. The molecule has 1 atom stereocenters. The van der Waals surface area contributed by atoms with Crippen molar-refractivity contribution in [2.24, 2.45) is 5.92 Å². The molecule has 148 valence electrons. The number of carbonyl (C=O) groups excluding carboxylic acids is 1. The Morgan fingerprint density at radius 1 is 1.33 bits per heavy atom. The fraction of sp³-hybridized carbons (Fsp3) is 0.667. The number of amides is 1. The number of hydrogen-bond acceptors (Lipinski definition) is 5. The monoisotopic (exact) mass is 373 g/mol. The summed E-state index contributed by atoms with van der Waals surface area (Å²) in [6, 6.07) is 7.77. The minimum Gasteiger partial charge on any atom is -0.497 e. The lowest BCUT2D eigenvalue weighted by Crippen LogP contribution is -2.81. The number of fused-ring (bicyclic) bond motifs is 2. The lowest BCUT2D eigenvalue weighted by molar-refractivity contribution is -0.159. The summed E-state index contributed by atoms with van der Waals surface area (Å²) in [7, 11) is 1.63. The van der Waals surface area contributed by atoms with Crippen LogP contribution in [0.3, 0.4) is 0 Å². The van der Waals surface area contributed by atoms with Crippen LogP contribution in [0.2, 0.25) is 0 Å². The Labute approximate surface area is 162 Å². The van der Waals surface area contributed by atoms with Crippen molar-refractivity contribution in [2.45, 2.75) is 25.4 Å². The van der Waals surface area contributed by atoms with Crippen molar-refractivity contribution in [2.75, 3.05) is 59.6 Å². The van der Waals surface area contributed by atoms with E-state index in [2.05, 4.69) is 23.6 Å². The summed E-state index contributed by atoms with van der Waals surface area (Å²) in [5.74, 6) is 1.49. The van der Waals surface area contributed by atoms with E-state index in [1.807, 2.05) is 29.2 Å². The van der Waals surface area contributed by atoms with E-state index in [4.69, 9.17) is 9.47 Å². The third-order valence-electron chi connectivity index (χ3n) is 6.02. The average Bonchev–Trinajstić information content (AvgIpc) is 2.65. The molecule has 1 spiro atoms. The standard InChI is InChI=1S/C21H31N3O3/c1-16(2)10-22-13-21(14-22)15-23(11-18-12-27-8-7-24(18)21)20(25)17-5-4-6-19(9-17)26-3/h4-6,9,16,18H,7-8,10-15H2,1-3H3/t18-/m1/s1. The minimum absolute atomic E-state index is 0.0795. The second-order valence-electron chi connectivity index (χ2n) is 8.63. The molecule has 3 saturated heterocycles. The second kappa shape index (κ2) is 7.41. The highest BCUT2D eigenvalue weighted by Gasteiger charge is 2.54. The molecule has 0 N–H and O–H groups in total. The summed E-state index contributed by atoms with van der Waals surface area (Å²) in [6.07, 6.45) is 0. The van der Waals surface area contributed by atoms with Crippen LogP contribution in [-0.2, 0) is 4.74 Å². The Hall–Kier alpha value is -1.63. The van der Waals surface area contributed by atoms with Gasteiger partial charge in [-0.1, -0.05) is 19.9 Å². The highest BCUT2D eigenvalue weighted by Crippen LogP contribution is 2.36. The van der Waals surface area contributed by atoms with Crippen molar-refractivity contribution in [3.05, 3.63) is 29.8 Å². The Morgan fingerprint density at radius 3 is 2.89 bits per heavy atom. The van der Waals surface area contributed by atoms with Gasteiger partial charge in [0.05, 0.1) is 31.9 Å². The number of likely N-dealkylation sites (tertiary alicyclic amines) is 1. The van der Waals surface area contributed by atoms with Crippen LogP contribution in [0, 0.1) is 5.92 Å². The summed E-state index contributed by atoms with van der Waals surface area (Å²) < 4.78 is 11.0. The van der Waals surface area contributed by atoms with Gasteiger partial charge in [-0.3, -0.25) is 14.6 Å². The molecule has 3 aliphatic heterocycles. The highest BCUT2D eigenvalue weighted by atomic mass is 16.5. The SMILES string of the molecule is COc1cccc(C(=O)N2C[C@@H]3COCCN3C3(CN(CC(C)C)C3)C2)c1. The molecule has 0 unspecified atom stereocenters. The molecule has 3 fully saturated rings. The van der Waals surface area contributed by atoms with E-state index in [1.165, 1.54) is 0 Å². The van der Waals surface area contributed by atoms with Crippen molar-refractivity contribution < 1.29 is 14.3 Å². The molecule has 1 amide bonds. The normalized spacial score (nSPS) is 25.3. The maximum atomic E-state index is 13.2. The van der Waals surface area contributed by atoms with Gasteiger partial charge < -0.3 is 14.4 Å². The Bertz CT molecular complexity index is 687. The fourth-order valence-electron chi connectivity index (χ4n) is 5.00. The number of rotatable bonds is 4. The van der Waals surface area contributed by atoms with Gasteiger partial charge in [-0.05, 0) is 24.1 Å². The molecule has 4 rings (SSSR count). The van der Waals surface area contributed by atoms with Gasteiger partial charge >= 0.3 is 0 Å². The molecule has 6 nitrogen and oxygen atoms in total. The Morgan fingerprint density at radius 2 is 2.15 bits per heavy atom. The molecule has 3 aliphatic rings. The number of piperazine rings is 1.